The molecule has 4 aromatic rings. The van der Waals surface area contributed by atoms with E-state index in [1.54, 1.807) is 7.11 Å². The number of fused-ring (bicyclic) bond motifs is 3. The fourth-order valence-corrected chi connectivity index (χ4v) is 5.38. The summed E-state index contributed by atoms with van der Waals surface area (Å²) < 4.78 is 24.0. The number of aromatic nitrogens is 3. The highest BCUT2D eigenvalue weighted by atomic mass is 16.5. The molecule has 3 aromatic carbocycles. The SMILES string of the molecule is COc1ccc2c(c1)C(c1ccc(C)cc1)=NC(CC(=O)NCCOCCOCCOCCNC(=O)c1cccc(O)c1O)c1nnc(C)n1-2. The lowest BCUT2D eigenvalue weighted by Crippen LogP contribution is -2.29. The highest BCUT2D eigenvalue weighted by Gasteiger charge is 2.30. The van der Waals surface area contributed by atoms with E-state index in [9.17, 15) is 19.8 Å². The predicted octanol–water partition coefficient (Wildman–Crippen LogP) is 3.18. The van der Waals surface area contributed by atoms with Gasteiger partial charge in [0.2, 0.25) is 5.91 Å². The number of aliphatic imine (C=N–C) groups is 1. The number of ether oxygens (including phenoxy) is 4. The number of phenols is 2. The van der Waals surface area contributed by atoms with Crippen LogP contribution >= 0.6 is 0 Å². The smallest absolute Gasteiger partial charge is 0.255 e. The first-order valence-electron chi connectivity index (χ1n) is 16.3. The molecule has 14 heteroatoms. The van der Waals surface area contributed by atoms with Gasteiger partial charge in [0.1, 0.15) is 17.6 Å². The summed E-state index contributed by atoms with van der Waals surface area (Å²) in [5.74, 6) is 0.450. The molecule has 2 amide bonds. The zero-order valence-corrected chi connectivity index (χ0v) is 28.3. The van der Waals surface area contributed by atoms with Crippen LogP contribution in [0.15, 0.2) is 65.7 Å². The quantitative estimate of drug-likeness (QED) is 0.0953. The summed E-state index contributed by atoms with van der Waals surface area (Å²) in [4.78, 5) is 30.3. The molecule has 2 heterocycles. The van der Waals surface area contributed by atoms with Crippen LogP contribution in [0.5, 0.6) is 17.2 Å². The van der Waals surface area contributed by atoms with Gasteiger partial charge in [-0.15, -0.1) is 10.2 Å². The average molecular weight is 687 g/mol. The van der Waals surface area contributed by atoms with E-state index < -0.39 is 17.7 Å². The van der Waals surface area contributed by atoms with Crippen LogP contribution in [-0.4, -0.2) is 102 Å². The Morgan fingerprint density at radius 1 is 0.840 bits per heavy atom. The Balaban J connectivity index is 1.03. The van der Waals surface area contributed by atoms with Gasteiger partial charge in [0.15, 0.2) is 17.3 Å². The van der Waals surface area contributed by atoms with Crippen molar-refractivity contribution in [3.05, 3.63) is 94.6 Å². The fourth-order valence-electron chi connectivity index (χ4n) is 5.38. The number of nitrogens with one attached hydrogen (secondary N) is 2. The van der Waals surface area contributed by atoms with Crippen LogP contribution in [-0.2, 0) is 19.0 Å². The standard InChI is InChI=1S/C36H42N6O8/c1-23-7-9-25(10-8-23)33-28-21-26(47-3)11-12-30(28)42-24(2)40-41-35(42)29(39-33)22-32(44)37-13-15-48-17-19-50-20-18-49-16-14-38-36(46)27-5-4-6-31(43)34(27)45/h4-12,21,29,43,45H,13-20,22H2,1-3H3,(H,37,44)(H,38,46). The number of hydrogen-bond donors (Lipinski definition) is 4. The van der Waals surface area contributed by atoms with Gasteiger partial charge in [0.05, 0.1) is 70.1 Å². The van der Waals surface area contributed by atoms with Gasteiger partial charge >= 0.3 is 0 Å². The Bertz CT molecular complexity index is 1810. The van der Waals surface area contributed by atoms with Crippen molar-refractivity contribution in [2.45, 2.75) is 26.3 Å². The van der Waals surface area contributed by atoms with Gasteiger partial charge in [-0.05, 0) is 44.2 Å². The van der Waals surface area contributed by atoms with Gasteiger partial charge in [0, 0.05) is 24.2 Å². The summed E-state index contributed by atoms with van der Waals surface area (Å²) in [7, 11) is 1.63. The molecule has 5 rings (SSSR count). The highest BCUT2D eigenvalue weighted by Crippen LogP contribution is 2.34. The van der Waals surface area contributed by atoms with Crippen molar-refractivity contribution < 1.29 is 38.7 Å². The molecule has 14 nitrogen and oxygen atoms in total. The van der Waals surface area contributed by atoms with Gasteiger partial charge in [-0.3, -0.25) is 19.1 Å². The third kappa shape index (κ3) is 9.02. The lowest BCUT2D eigenvalue weighted by atomic mass is 9.99. The maximum Gasteiger partial charge on any atom is 0.255 e. The number of para-hydroxylation sites is 1. The Kier molecular flexibility index (Phi) is 12.5. The first-order valence-corrected chi connectivity index (χ1v) is 16.3. The van der Waals surface area contributed by atoms with Gasteiger partial charge < -0.3 is 39.8 Å². The summed E-state index contributed by atoms with van der Waals surface area (Å²) in [5, 5.41) is 33.6. The molecule has 0 bridgehead atoms. The molecule has 1 aromatic heterocycles. The van der Waals surface area contributed by atoms with Crippen LogP contribution in [0.1, 0.15) is 51.2 Å². The highest BCUT2D eigenvalue weighted by molar-refractivity contribution is 6.15. The molecule has 50 heavy (non-hydrogen) atoms. The number of phenolic OH excluding ortho intramolecular Hbond substituents is 2. The number of aryl methyl sites for hydroxylation is 2. The van der Waals surface area contributed by atoms with Gasteiger partial charge in [-0.1, -0.05) is 35.9 Å². The van der Waals surface area contributed by atoms with Crippen LogP contribution in [0, 0.1) is 13.8 Å². The fraction of sp³-hybridized carbons (Fsp3) is 0.361. The normalized spacial score (nSPS) is 13.5. The molecule has 1 aliphatic rings. The van der Waals surface area contributed by atoms with Crippen molar-refractivity contribution in [1.82, 2.24) is 25.4 Å². The molecule has 1 unspecified atom stereocenters. The Morgan fingerprint density at radius 2 is 1.52 bits per heavy atom. The van der Waals surface area contributed by atoms with Crippen LogP contribution in [0.25, 0.3) is 5.69 Å². The van der Waals surface area contributed by atoms with E-state index in [1.165, 1.54) is 18.2 Å². The minimum atomic E-state index is -0.578. The predicted molar refractivity (Wildman–Crippen MR) is 184 cm³/mol. The largest absolute Gasteiger partial charge is 0.504 e. The first kappa shape index (κ1) is 36.0. The minimum Gasteiger partial charge on any atom is -0.504 e. The first-order chi connectivity index (χ1) is 24.3. The van der Waals surface area contributed by atoms with Crippen LogP contribution in [0.3, 0.4) is 0 Å². The number of amides is 2. The number of hydrogen-bond acceptors (Lipinski definition) is 11. The second-order valence-corrected chi connectivity index (χ2v) is 11.5. The van der Waals surface area contributed by atoms with Crippen molar-refractivity contribution in [2.24, 2.45) is 4.99 Å². The van der Waals surface area contributed by atoms with Crippen LogP contribution in [0.2, 0.25) is 0 Å². The minimum absolute atomic E-state index is 0.0114. The molecule has 1 atom stereocenters. The van der Waals surface area contributed by atoms with Crippen molar-refractivity contribution >= 4 is 17.5 Å². The molecular weight excluding hydrogens is 644 g/mol. The summed E-state index contributed by atoms with van der Waals surface area (Å²) >= 11 is 0. The second kappa shape index (κ2) is 17.4. The number of rotatable bonds is 17. The van der Waals surface area contributed by atoms with Crippen LogP contribution < -0.4 is 15.4 Å². The number of carbonyl (C=O) groups is 2. The molecule has 0 fully saturated rings. The van der Waals surface area contributed by atoms with E-state index in [2.05, 4.69) is 20.8 Å². The zero-order valence-electron chi connectivity index (χ0n) is 28.3. The van der Waals surface area contributed by atoms with Gasteiger partial charge in [0.25, 0.3) is 5.91 Å². The molecule has 0 aliphatic carbocycles. The van der Waals surface area contributed by atoms with Crippen molar-refractivity contribution in [3.8, 4) is 22.9 Å². The summed E-state index contributed by atoms with van der Waals surface area (Å²) in [6.07, 6.45) is 0.0731. The van der Waals surface area contributed by atoms with E-state index in [0.29, 0.717) is 57.0 Å². The molecule has 0 saturated heterocycles. The number of aromatic hydroxyl groups is 2. The molecule has 4 N–H and O–H groups in total. The lowest BCUT2D eigenvalue weighted by Gasteiger charge is -2.14. The molecular formula is C36H42N6O8. The Hall–Kier alpha value is -5.31. The van der Waals surface area contributed by atoms with E-state index in [0.717, 1.165) is 28.1 Å². The van der Waals surface area contributed by atoms with E-state index >= 15 is 0 Å². The summed E-state index contributed by atoms with van der Waals surface area (Å²) in [5.41, 5.74) is 4.51. The van der Waals surface area contributed by atoms with Gasteiger partial charge in [-0.25, -0.2) is 0 Å². The molecule has 1 aliphatic heterocycles. The molecule has 0 spiro atoms. The van der Waals surface area contributed by atoms with E-state index in [4.69, 9.17) is 23.9 Å². The number of nitrogens with zero attached hydrogens (tertiary/aromatic N) is 4. The van der Waals surface area contributed by atoms with Crippen LogP contribution in [0.4, 0.5) is 0 Å². The monoisotopic (exact) mass is 686 g/mol. The van der Waals surface area contributed by atoms with Crippen molar-refractivity contribution in [2.75, 3.05) is 59.8 Å². The lowest BCUT2D eigenvalue weighted by molar-refractivity contribution is -0.121. The third-order valence-corrected chi connectivity index (χ3v) is 7.94. The second-order valence-electron chi connectivity index (χ2n) is 11.5. The van der Waals surface area contributed by atoms with Crippen molar-refractivity contribution in [3.63, 3.8) is 0 Å². The van der Waals surface area contributed by atoms with Crippen molar-refractivity contribution in [1.29, 1.82) is 0 Å². The number of benzene rings is 3. The zero-order chi connectivity index (χ0) is 35.5. The van der Waals surface area contributed by atoms with E-state index in [1.807, 2.05) is 60.9 Å². The summed E-state index contributed by atoms with van der Waals surface area (Å²) in [6.45, 7) is 6.38. The Morgan fingerprint density at radius 3 is 2.22 bits per heavy atom. The summed E-state index contributed by atoms with van der Waals surface area (Å²) in [6, 6.07) is 17.5. The molecule has 0 radical (unpaired) electrons. The maximum atomic E-state index is 13.1. The van der Waals surface area contributed by atoms with Gasteiger partial charge in [-0.2, -0.15) is 0 Å². The number of carbonyl (C=O) groups excluding carboxylic acids is 2. The molecule has 0 saturated carbocycles. The average Bonchev–Trinajstić information content (AvgIpc) is 3.44. The number of methoxy groups -OCH3 is 1. The third-order valence-electron chi connectivity index (χ3n) is 7.94. The Labute approximate surface area is 290 Å². The maximum absolute atomic E-state index is 13.1. The molecule has 264 valence electrons. The van der Waals surface area contributed by atoms with E-state index in [-0.39, 0.29) is 36.8 Å². The topological polar surface area (TPSA) is 179 Å².